The molecule has 7 rings (SSSR count). The number of nitrogens with zero attached hydrogens (tertiary/aromatic N) is 4. The van der Waals surface area contributed by atoms with Gasteiger partial charge >= 0.3 is 6.09 Å². The lowest BCUT2D eigenvalue weighted by Crippen LogP contribution is -2.30. The average Bonchev–Trinajstić information content (AvgIpc) is 3.78. The average molecular weight is 596 g/mol. The number of hydrogen-bond donors (Lipinski definition) is 2. The van der Waals surface area contributed by atoms with Gasteiger partial charge in [-0.25, -0.2) is 9.78 Å². The molecule has 12 heteroatoms. The molecule has 2 aliphatic heterocycles. The molecular weight excluding hydrogens is 566 g/mol. The molecule has 12 nitrogen and oxygen atoms in total. The van der Waals surface area contributed by atoms with Crippen molar-refractivity contribution in [2.75, 3.05) is 11.9 Å². The fraction of sp³-hybridized carbons (Fsp3) is 0.250. The number of aliphatic hydroxyl groups is 1. The van der Waals surface area contributed by atoms with Crippen molar-refractivity contribution in [1.29, 1.82) is 0 Å². The van der Waals surface area contributed by atoms with E-state index in [1.807, 2.05) is 91.0 Å². The van der Waals surface area contributed by atoms with Gasteiger partial charge < -0.3 is 28.8 Å². The van der Waals surface area contributed by atoms with Crippen molar-refractivity contribution in [2.24, 2.45) is 0 Å². The van der Waals surface area contributed by atoms with Crippen LogP contribution >= 0.6 is 0 Å². The van der Waals surface area contributed by atoms with E-state index in [4.69, 9.17) is 23.7 Å². The second-order valence-electron chi connectivity index (χ2n) is 10.3. The molecule has 2 aromatic heterocycles. The van der Waals surface area contributed by atoms with E-state index >= 15 is 0 Å². The van der Waals surface area contributed by atoms with Crippen LogP contribution < -0.4 is 10.1 Å². The van der Waals surface area contributed by atoms with Crippen molar-refractivity contribution < 1.29 is 33.6 Å². The highest BCUT2D eigenvalue weighted by Crippen LogP contribution is 2.45. The third-order valence-corrected chi connectivity index (χ3v) is 7.41. The Morgan fingerprint density at radius 1 is 0.841 bits per heavy atom. The fourth-order valence-corrected chi connectivity index (χ4v) is 5.28. The van der Waals surface area contributed by atoms with E-state index in [1.54, 1.807) is 10.9 Å². The lowest BCUT2D eigenvalue weighted by molar-refractivity contribution is -0.153. The van der Waals surface area contributed by atoms with Crippen molar-refractivity contribution in [3.05, 3.63) is 114 Å². The predicted octanol–water partition coefficient (Wildman–Crippen LogP) is 4.53. The van der Waals surface area contributed by atoms with E-state index in [2.05, 4.69) is 20.3 Å². The largest absolute Gasteiger partial charge is 0.471 e. The minimum atomic E-state index is -0.745. The number of anilines is 1. The third-order valence-electron chi connectivity index (χ3n) is 7.41. The van der Waals surface area contributed by atoms with Gasteiger partial charge in [-0.2, -0.15) is 9.97 Å². The van der Waals surface area contributed by atoms with E-state index in [0.717, 1.165) is 16.7 Å². The second-order valence-corrected chi connectivity index (χ2v) is 10.3. The third kappa shape index (κ3) is 5.71. The van der Waals surface area contributed by atoms with Gasteiger partial charge in [-0.05, 0) is 11.1 Å². The maximum Gasteiger partial charge on any atom is 0.414 e. The van der Waals surface area contributed by atoms with Gasteiger partial charge in [0.05, 0.1) is 12.9 Å². The first kappa shape index (κ1) is 27.9. The molecule has 2 aliphatic rings. The Kier molecular flexibility index (Phi) is 7.86. The van der Waals surface area contributed by atoms with Crippen LogP contribution in [-0.2, 0) is 32.2 Å². The summed E-state index contributed by atoms with van der Waals surface area (Å²) in [5.41, 5.74) is 3.30. The van der Waals surface area contributed by atoms with E-state index < -0.39 is 36.9 Å². The highest BCUT2D eigenvalue weighted by Gasteiger charge is 2.54. The van der Waals surface area contributed by atoms with Crippen molar-refractivity contribution >= 4 is 23.2 Å². The van der Waals surface area contributed by atoms with Crippen molar-refractivity contribution in [3.8, 4) is 5.88 Å². The van der Waals surface area contributed by atoms with Crippen molar-refractivity contribution in [3.63, 3.8) is 0 Å². The Morgan fingerprint density at radius 2 is 1.50 bits per heavy atom. The van der Waals surface area contributed by atoms with Crippen LogP contribution in [-0.4, -0.2) is 55.6 Å². The number of imidazole rings is 1. The number of aromatic nitrogens is 4. The predicted molar refractivity (Wildman–Crippen MR) is 156 cm³/mol. The molecule has 0 bridgehead atoms. The fourth-order valence-electron chi connectivity index (χ4n) is 5.28. The van der Waals surface area contributed by atoms with Gasteiger partial charge in [-0.15, -0.1) is 0 Å². The summed E-state index contributed by atoms with van der Waals surface area (Å²) in [6.45, 7) is 0.0198. The van der Waals surface area contributed by atoms with E-state index in [-0.39, 0.29) is 31.6 Å². The maximum atomic E-state index is 12.7. The van der Waals surface area contributed by atoms with E-state index in [0.29, 0.717) is 11.2 Å². The summed E-state index contributed by atoms with van der Waals surface area (Å²) >= 11 is 0. The van der Waals surface area contributed by atoms with Crippen molar-refractivity contribution in [1.82, 2.24) is 19.5 Å². The van der Waals surface area contributed by atoms with Gasteiger partial charge in [0, 0.05) is 5.56 Å². The van der Waals surface area contributed by atoms with E-state index in [1.165, 1.54) is 0 Å². The number of carbonyl (C=O) groups excluding carboxylic acids is 1. The molecule has 0 spiro atoms. The molecule has 5 aromatic rings. The van der Waals surface area contributed by atoms with Crippen LogP contribution in [0.4, 0.5) is 10.7 Å². The van der Waals surface area contributed by atoms with Gasteiger partial charge in [0.15, 0.2) is 23.7 Å². The van der Waals surface area contributed by atoms with E-state index in [9.17, 15) is 9.90 Å². The van der Waals surface area contributed by atoms with Crippen LogP contribution in [0.5, 0.6) is 5.88 Å². The normalized spacial score (nSPS) is 22.5. The molecule has 2 fully saturated rings. The molecule has 224 valence electrons. The molecular formula is C32H29N5O7. The minimum absolute atomic E-state index is 0.0422. The number of aliphatic hydroxyl groups excluding tert-OH is 1. The first-order valence-electron chi connectivity index (χ1n) is 14.2. The zero-order valence-corrected chi connectivity index (χ0v) is 23.4. The van der Waals surface area contributed by atoms with Crippen LogP contribution in [0.2, 0.25) is 0 Å². The Morgan fingerprint density at radius 3 is 2.20 bits per heavy atom. The molecule has 3 aromatic carbocycles. The maximum absolute atomic E-state index is 12.7. The number of nitrogens with one attached hydrogen (secondary N) is 1. The molecule has 0 radical (unpaired) electrons. The molecule has 4 heterocycles. The van der Waals surface area contributed by atoms with Crippen LogP contribution in [0.25, 0.3) is 11.2 Å². The summed E-state index contributed by atoms with van der Waals surface area (Å²) in [5, 5.41) is 12.7. The number of fused-ring (bicyclic) bond motifs is 2. The van der Waals surface area contributed by atoms with Gasteiger partial charge in [0.2, 0.25) is 11.8 Å². The molecule has 2 saturated heterocycles. The molecule has 1 amide bonds. The number of amides is 1. The number of rotatable bonds is 9. The van der Waals surface area contributed by atoms with Crippen molar-refractivity contribution in [2.45, 2.75) is 44.0 Å². The summed E-state index contributed by atoms with van der Waals surface area (Å²) in [7, 11) is 0. The molecule has 44 heavy (non-hydrogen) atoms. The van der Waals surface area contributed by atoms with Crippen LogP contribution in [0, 0.1) is 0 Å². The lowest BCUT2D eigenvalue weighted by Gasteiger charge is -2.21. The molecule has 5 atom stereocenters. The Labute approximate surface area is 252 Å². The highest BCUT2D eigenvalue weighted by atomic mass is 16.8. The smallest absolute Gasteiger partial charge is 0.414 e. The lowest BCUT2D eigenvalue weighted by atomic mass is 10.1. The summed E-state index contributed by atoms with van der Waals surface area (Å²) in [6.07, 6.45) is -2.31. The molecule has 0 saturated carbocycles. The zero-order valence-electron chi connectivity index (χ0n) is 23.4. The minimum Gasteiger partial charge on any atom is -0.471 e. The summed E-state index contributed by atoms with van der Waals surface area (Å²) in [5.74, 6) is 0.120. The first-order chi connectivity index (χ1) is 21.7. The Bertz CT molecular complexity index is 1720. The second kappa shape index (κ2) is 12.4. The molecule has 0 aliphatic carbocycles. The Balaban J connectivity index is 1.19. The van der Waals surface area contributed by atoms with Crippen LogP contribution in [0.15, 0.2) is 97.3 Å². The van der Waals surface area contributed by atoms with Gasteiger partial charge in [-0.3, -0.25) is 9.88 Å². The van der Waals surface area contributed by atoms with Gasteiger partial charge in [-0.1, -0.05) is 91.0 Å². The topological polar surface area (TPSA) is 139 Å². The quantitative estimate of drug-likeness (QED) is 0.250. The van der Waals surface area contributed by atoms with Gasteiger partial charge in [0.1, 0.15) is 31.5 Å². The molecule has 1 unspecified atom stereocenters. The zero-order chi connectivity index (χ0) is 29.9. The number of ether oxygens (including phenoxy) is 5. The summed E-state index contributed by atoms with van der Waals surface area (Å²) in [6, 6.07) is 28.5. The highest BCUT2D eigenvalue weighted by molar-refractivity contribution is 5.85. The standard InChI is InChI=1S/C32H29N5O7/c38-16-23-25-26(44-30(43-25)22-14-8-3-9-15-22)29(42-23)37-19-33-24-27(37)34-31(35-28(24)40-17-20-10-4-1-5-11-20)36-32(39)41-18-21-12-6-2-7-13-21/h1-15,19,23,25-26,29-30,38H,16-18H2,(H,34,35,36,39)/t23-,25-,26-,29-,30?/m1/s1. The summed E-state index contributed by atoms with van der Waals surface area (Å²) in [4.78, 5) is 26.3. The van der Waals surface area contributed by atoms with Crippen LogP contribution in [0.3, 0.4) is 0 Å². The monoisotopic (exact) mass is 595 g/mol. The van der Waals surface area contributed by atoms with Gasteiger partial charge in [0.25, 0.3) is 0 Å². The molecule has 2 N–H and O–H groups in total. The van der Waals surface area contributed by atoms with Crippen LogP contribution in [0.1, 0.15) is 29.2 Å². The first-order valence-corrected chi connectivity index (χ1v) is 14.2. The number of benzene rings is 3. The summed E-state index contributed by atoms with van der Waals surface area (Å²) < 4.78 is 31.9. The Hall–Kier alpha value is -4.88. The number of carbonyl (C=O) groups is 1. The SMILES string of the molecule is O=C(Nc1nc(OCc2ccccc2)c2ncn([C@@H]3O[C@H](CO)[C@H]4OC(c5ccccc5)O[C@H]43)c2n1)OCc1ccccc1. The number of hydrogen-bond acceptors (Lipinski definition) is 10.